The minimum Gasteiger partial charge on any atom is -0.381 e. The van der Waals surface area contributed by atoms with Crippen LogP contribution in [0.4, 0.5) is 0 Å². The zero-order valence-corrected chi connectivity index (χ0v) is 9.32. The summed E-state index contributed by atoms with van der Waals surface area (Å²) in [4.78, 5) is 0. The second kappa shape index (κ2) is 5.03. The molecule has 0 amide bonds. The first-order valence-corrected chi connectivity index (χ1v) is 5.45. The molecule has 1 heterocycles. The summed E-state index contributed by atoms with van der Waals surface area (Å²) in [6.07, 6.45) is 2.03. The summed E-state index contributed by atoms with van der Waals surface area (Å²) in [6, 6.07) is 0. The van der Waals surface area contributed by atoms with Crippen molar-refractivity contribution in [1.29, 1.82) is 0 Å². The van der Waals surface area contributed by atoms with Gasteiger partial charge < -0.3 is 10.1 Å². The molecule has 1 aliphatic rings. The third kappa shape index (κ3) is 3.33. The SMILES string of the molecule is CC(C)CNC1(C=S)CCOCC1. The van der Waals surface area contributed by atoms with E-state index in [2.05, 4.69) is 19.2 Å². The predicted molar refractivity (Wildman–Crippen MR) is 59.3 cm³/mol. The summed E-state index contributed by atoms with van der Waals surface area (Å²) in [5.74, 6) is 0.676. The smallest absolute Gasteiger partial charge is 0.0512 e. The average Bonchev–Trinajstić information content (AvgIpc) is 2.16. The van der Waals surface area contributed by atoms with Crippen molar-refractivity contribution in [3.05, 3.63) is 0 Å². The Morgan fingerprint density at radius 1 is 1.46 bits per heavy atom. The molecule has 0 bridgehead atoms. The van der Waals surface area contributed by atoms with Gasteiger partial charge in [0, 0.05) is 13.2 Å². The van der Waals surface area contributed by atoms with Gasteiger partial charge in [-0.2, -0.15) is 0 Å². The van der Waals surface area contributed by atoms with Crippen molar-refractivity contribution >= 4 is 17.6 Å². The van der Waals surface area contributed by atoms with Crippen LogP contribution in [0.1, 0.15) is 26.7 Å². The van der Waals surface area contributed by atoms with Crippen molar-refractivity contribution in [3.8, 4) is 0 Å². The van der Waals surface area contributed by atoms with Crippen molar-refractivity contribution in [1.82, 2.24) is 5.32 Å². The van der Waals surface area contributed by atoms with Crippen LogP contribution in [-0.2, 0) is 4.74 Å². The monoisotopic (exact) mass is 201 g/mol. The summed E-state index contributed by atoms with van der Waals surface area (Å²) in [7, 11) is 0. The molecule has 1 N–H and O–H groups in total. The van der Waals surface area contributed by atoms with Crippen LogP contribution in [0.15, 0.2) is 0 Å². The van der Waals surface area contributed by atoms with Crippen LogP contribution in [0.2, 0.25) is 0 Å². The van der Waals surface area contributed by atoms with Gasteiger partial charge in [0.2, 0.25) is 0 Å². The molecule has 0 radical (unpaired) electrons. The van der Waals surface area contributed by atoms with Gasteiger partial charge in [0.1, 0.15) is 0 Å². The number of ether oxygens (including phenoxy) is 1. The third-order valence-electron chi connectivity index (χ3n) is 2.47. The van der Waals surface area contributed by atoms with Crippen LogP contribution >= 0.6 is 12.2 Å². The summed E-state index contributed by atoms with van der Waals surface area (Å²) in [5, 5.41) is 5.43. The Bertz CT molecular complexity index is 164. The number of hydrogen-bond acceptors (Lipinski definition) is 3. The van der Waals surface area contributed by atoms with Crippen molar-refractivity contribution in [3.63, 3.8) is 0 Å². The molecule has 0 atom stereocenters. The first kappa shape index (κ1) is 11.1. The molecule has 1 aliphatic heterocycles. The van der Waals surface area contributed by atoms with Gasteiger partial charge in [-0.25, -0.2) is 0 Å². The number of hydrogen-bond donors (Lipinski definition) is 1. The highest BCUT2D eigenvalue weighted by atomic mass is 32.1. The largest absolute Gasteiger partial charge is 0.381 e. The van der Waals surface area contributed by atoms with E-state index in [1.54, 1.807) is 0 Å². The Morgan fingerprint density at radius 3 is 2.54 bits per heavy atom. The Hall–Kier alpha value is 0.01000. The van der Waals surface area contributed by atoms with Crippen molar-refractivity contribution < 1.29 is 4.74 Å². The summed E-state index contributed by atoms with van der Waals surface area (Å²) >= 11 is 5.09. The molecule has 0 spiro atoms. The van der Waals surface area contributed by atoms with E-state index in [0.29, 0.717) is 5.92 Å². The molecule has 0 saturated carbocycles. The number of rotatable bonds is 4. The molecule has 1 fully saturated rings. The highest BCUT2D eigenvalue weighted by Crippen LogP contribution is 2.18. The quantitative estimate of drug-likeness (QED) is 0.701. The van der Waals surface area contributed by atoms with Crippen LogP contribution in [0.25, 0.3) is 0 Å². The van der Waals surface area contributed by atoms with Gasteiger partial charge in [0.15, 0.2) is 0 Å². The topological polar surface area (TPSA) is 21.3 Å². The van der Waals surface area contributed by atoms with E-state index in [9.17, 15) is 0 Å². The Morgan fingerprint density at radius 2 is 2.08 bits per heavy atom. The molecular formula is C10H19NOS. The maximum atomic E-state index is 5.33. The Kier molecular flexibility index (Phi) is 4.29. The Balaban J connectivity index is 2.42. The van der Waals surface area contributed by atoms with Gasteiger partial charge in [-0.15, -0.1) is 0 Å². The number of nitrogens with one attached hydrogen (secondary N) is 1. The maximum absolute atomic E-state index is 5.33. The minimum absolute atomic E-state index is 0.0673. The van der Waals surface area contributed by atoms with E-state index < -0.39 is 0 Å². The zero-order chi connectivity index (χ0) is 9.73. The molecule has 0 aromatic rings. The fourth-order valence-corrected chi connectivity index (χ4v) is 1.80. The second-order valence-corrected chi connectivity index (χ2v) is 4.40. The van der Waals surface area contributed by atoms with Crippen LogP contribution in [-0.4, -0.2) is 30.7 Å². The van der Waals surface area contributed by atoms with Crippen LogP contribution in [0.5, 0.6) is 0 Å². The number of thiocarbonyl (C=S) groups is 1. The molecule has 0 aliphatic carbocycles. The highest BCUT2D eigenvalue weighted by Gasteiger charge is 2.29. The summed E-state index contributed by atoms with van der Waals surface area (Å²) < 4.78 is 5.33. The van der Waals surface area contributed by atoms with Crippen molar-refractivity contribution in [2.24, 2.45) is 5.92 Å². The summed E-state index contributed by atoms with van der Waals surface area (Å²) in [6.45, 7) is 7.12. The molecule has 0 aromatic carbocycles. The summed E-state index contributed by atoms with van der Waals surface area (Å²) in [5.41, 5.74) is 0.0673. The zero-order valence-electron chi connectivity index (χ0n) is 8.51. The van der Waals surface area contributed by atoms with E-state index in [-0.39, 0.29) is 5.54 Å². The molecule has 0 unspecified atom stereocenters. The molecular weight excluding hydrogens is 182 g/mol. The van der Waals surface area contributed by atoms with Gasteiger partial charge in [-0.05, 0) is 30.7 Å². The third-order valence-corrected chi connectivity index (χ3v) is 2.92. The van der Waals surface area contributed by atoms with Crippen LogP contribution < -0.4 is 5.32 Å². The highest BCUT2D eigenvalue weighted by molar-refractivity contribution is 7.79. The minimum atomic E-state index is 0.0673. The molecule has 1 saturated heterocycles. The molecule has 0 aromatic heterocycles. The molecule has 1 rings (SSSR count). The van der Waals surface area contributed by atoms with E-state index >= 15 is 0 Å². The lowest BCUT2D eigenvalue weighted by atomic mass is 9.92. The van der Waals surface area contributed by atoms with Crippen molar-refractivity contribution in [2.45, 2.75) is 32.2 Å². The van der Waals surface area contributed by atoms with Gasteiger partial charge in [-0.3, -0.25) is 0 Å². The lowest BCUT2D eigenvalue weighted by Gasteiger charge is -2.35. The second-order valence-electron chi connectivity index (χ2n) is 4.16. The molecule has 13 heavy (non-hydrogen) atoms. The molecule has 2 nitrogen and oxygen atoms in total. The lowest BCUT2D eigenvalue weighted by Crippen LogP contribution is -2.51. The lowest BCUT2D eigenvalue weighted by molar-refractivity contribution is 0.0629. The van der Waals surface area contributed by atoms with E-state index in [1.807, 2.05) is 5.37 Å². The fourth-order valence-electron chi connectivity index (χ4n) is 1.48. The van der Waals surface area contributed by atoms with Crippen molar-refractivity contribution in [2.75, 3.05) is 19.8 Å². The maximum Gasteiger partial charge on any atom is 0.0512 e. The molecule has 76 valence electrons. The standard InChI is InChI=1S/C10H19NOS/c1-9(2)7-11-10(8-13)3-5-12-6-4-10/h8-9,11H,3-7H2,1-2H3. The average molecular weight is 201 g/mol. The van der Waals surface area contributed by atoms with E-state index in [1.165, 1.54) is 0 Å². The van der Waals surface area contributed by atoms with E-state index in [4.69, 9.17) is 17.0 Å². The predicted octanol–water partition coefficient (Wildman–Crippen LogP) is 1.78. The first-order chi connectivity index (χ1) is 6.18. The normalized spacial score (nSPS) is 21.8. The van der Waals surface area contributed by atoms with Gasteiger partial charge in [-0.1, -0.05) is 26.1 Å². The fraction of sp³-hybridized carbons (Fsp3) is 0.900. The Labute approximate surface area is 86.0 Å². The van der Waals surface area contributed by atoms with Crippen LogP contribution in [0.3, 0.4) is 0 Å². The van der Waals surface area contributed by atoms with Gasteiger partial charge in [0.05, 0.1) is 5.54 Å². The van der Waals surface area contributed by atoms with E-state index in [0.717, 1.165) is 32.6 Å². The molecule has 3 heteroatoms. The van der Waals surface area contributed by atoms with Gasteiger partial charge >= 0.3 is 0 Å². The van der Waals surface area contributed by atoms with Gasteiger partial charge in [0.25, 0.3) is 0 Å². The van der Waals surface area contributed by atoms with Crippen LogP contribution in [0, 0.1) is 5.92 Å². The first-order valence-electron chi connectivity index (χ1n) is 4.98.